The van der Waals surface area contributed by atoms with E-state index in [-0.39, 0.29) is 29.0 Å². The monoisotopic (exact) mass is 408 g/mol. The first-order valence-electron chi connectivity index (χ1n) is 9.54. The highest BCUT2D eigenvalue weighted by Gasteiger charge is 2.39. The van der Waals surface area contributed by atoms with Gasteiger partial charge in [-0.1, -0.05) is 18.2 Å². The molecule has 29 heavy (non-hydrogen) atoms. The molecule has 0 aliphatic heterocycles. The predicted molar refractivity (Wildman–Crippen MR) is 102 cm³/mol. The summed E-state index contributed by atoms with van der Waals surface area (Å²) in [7, 11) is 0. The number of ether oxygens (including phenoxy) is 1. The standard InChI is InChI=1S/C21H23F3N2O3/c1-2-29-10-9-26-13-14(7-8-19(26)27)20(28)25-16-11-15(12-16)17-5-3-4-6-18(17)21(22,23)24/h3-8,13,15-16H,2,9-12H2,1H3,(H,25,28). The molecule has 1 N–H and O–H groups in total. The Labute approximate surface area is 166 Å². The maximum Gasteiger partial charge on any atom is 0.416 e. The van der Waals surface area contributed by atoms with E-state index < -0.39 is 11.7 Å². The number of hydrogen-bond acceptors (Lipinski definition) is 3. The molecule has 1 aromatic carbocycles. The van der Waals surface area contributed by atoms with E-state index >= 15 is 0 Å². The maximum absolute atomic E-state index is 13.2. The lowest BCUT2D eigenvalue weighted by Gasteiger charge is -2.37. The third-order valence-electron chi connectivity index (χ3n) is 5.11. The van der Waals surface area contributed by atoms with Gasteiger partial charge in [0.05, 0.1) is 17.7 Å². The third-order valence-corrected chi connectivity index (χ3v) is 5.11. The number of nitrogens with one attached hydrogen (secondary N) is 1. The number of pyridine rings is 1. The lowest BCUT2D eigenvalue weighted by atomic mass is 9.74. The normalized spacial score (nSPS) is 18.9. The van der Waals surface area contributed by atoms with Crippen molar-refractivity contribution in [3.8, 4) is 0 Å². The van der Waals surface area contributed by atoms with Gasteiger partial charge < -0.3 is 14.6 Å². The van der Waals surface area contributed by atoms with Crippen molar-refractivity contribution in [3.63, 3.8) is 0 Å². The Balaban J connectivity index is 1.60. The minimum atomic E-state index is -4.39. The second kappa shape index (κ2) is 8.82. The molecule has 0 bridgehead atoms. The van der Waals surface area contributed by atoms with Gasteiger partial charge in [0.15, 0.2) is 0 Å². The smallest absolute Gasteiger partial charge is 0.380 e. The molecule has 1 aliphatic carbocycles. The van der Waals surface area contributed by atoms with E-state index in [9.17, 15) is 22.8 Å². The predicted octanol–water partition coefficient (Wildman–Crippen LogP) is 3.58. The van der Waals surface area contributed by atoms with E-state index in [0.29, 0.717) is 38.2 Å². The van der Waals surface area contributed by atoms with Crippen LogP contribution in [0.25, 0.3) is 0 Å². The van der Waals surface area contributed by atoms with Crippen LogP contribution in [0, 0.1) is 0 Å². The average molecular weight is 408 g/mol. The number of amides is 1. The molecule has 5 nitrogen and oxygen atoms in total. The highest BCUT2D eigenvalue weighted by Crippen LogP contribution is 2.43. The second-order valence-corrected chi connectivity index (χ2v) is 7.07. The molecule has 0 radical (unpaired) electrons. The van der Waals surface area contributed by atoms with Crippen molar-refractivity contribution in [2.24, 2.45) is 0 Å². The van der Waals surface area contributed by atoms with Crippen LogP contribution in [0.2, 0.25) is 0 Å². The van der Waals surface area contributed by atoms with Gasteiger partial charge in [0, 0.05) is 31.5 Å². The summed E-state index contributed by atoms with van der Waals surface area (Å²) < 4.78 is 46.2. The Morgan fingerprint density at radius 2 is 1.93 bits per heavy atom. The van der Waals surface area contributed by atoms with Gasteiger partial charge in [-0.05, 0) is 43.4 Å². The van der Waals surface area contributed by atoms with Gasteiger partial charge in [0.25, 0.3) is 11.5 Å². The van der Waals surface area contributed by atoms with E-state index in [1.807, 2.05) is 6.92 Å². The van der Waals surface area contributed by atoms with Crippen molar-refractivity contribution in [2.75, 3.05) is 13.2 Å². The van der Waals surface area contributed by atoms with Crippen molar-refractivity contribution in [1.29, 1.82) is 0 Å². The van der Waals surface area contributed by atoms with Gasteiger partial charge in [-0.25, -0.2) is 0 Å². The molecule has 156 valence electrons. The maximum atomic E-state index is 13.2. The number of aromatic nitrogens is 1. The Morgan fingerprint density at radius 1 is 1.21 bits per heavy atom. The largest absolute Gasteiger partial charge is 0.416 e. The number of carbonyl (C=O) groups is 1. The van der Waals surface area contributed by atoms with Crippen LogP contribution < -0.4 is 10.9 Å². The van der Waals surface area contributed by atoms with Gasteiger partial charge >= 0.3 is 6.18 Å². The number of hydrogen-bond donors (Lipinski definition) is 1. The molecular weight excluding hydrogens is 385 g/mol. The fourth-order valence-corrected chi connectivity index (χ4v) is 3.52. The van der Waals surface area contributed by atoms with E-state index in [1.165, 1.54) is 35.0 Å². The van der Waals surface area contributed by atoms with Crippen LogP contribution in [0.4, 0.5) is 13.2 Å². The molecule has 0 spiro atoms. The second-order valence-electron chi connectivity index (χ2n) is 7.07. The molecule has 1 fully saturated rings. The number of nitrogens with zero attached hydrogens (tertiary/aromatic N) is 1. The van der Waals surface area contributed by atoms with Crippen molar-refractivity contribution in [2.45, 2.75) is 44.4 Å². The Bertz CT molecular complexity index is 918. The first kappa shape index (κ1) is 21.1. The molecule has 0 atom stereocenters. The summed E-state index contributed by atoms with van der Waals surface area (Å²) >= 11 is 0. The zero-order valence-electron chi connectivity index (χ0n) is 16.0. The van der Waals surface area contributed by atoms with Crippen molar-refractivity contribution >= 4 is 5.91 Å². The first-order chi connectivity index (χ1) is 13.8. The third kappa shape index (κ3) is 5.06. The molecule has 1 aromatic heterocycles. The summed E-state index contributed by atoms with van der Waals surface area (Å²) in [6.45, 7) is 3.10. The molecule has 1 amide bonds. The molecule has 1 aliphatic rings. The summed E-state index contributed by atoms with van der Waals surface area (Å²) in [6.07, 6.45) is -2.02. The fraction of sp³-hybridized carbons (Fsp3) is 0.429. The molecule has 1 saturated carbocycles. The summed E-state index contributed by atoms with van der Waals surface area (Å²) in [5.74, 6) is -0.582. The zero-order valence-corrected chi connectivity index (χ0v) is 16.0. The van der Waals surface area contributed by atoms with Crippen molar-refractivity contribution < 1.29 is 22.7 Å². The van der Waals surface area contributed by atoms with E-state index in [4.69, 9.17) is 4.74 Å². The molecule has 0 saturated heterocycles. The summed E-state index contributed by atoms with van der Waals surface area (Å²) in [5.41, 5.74) is -0.236. The molecule has 0 unspecified atom stereocenters. The fourth-order valence-electron chi connectivity index (χ4n) is 3.52. The van der Waals surface area contributed by atoms with Gasteiger partial charge in [0.1, 0.15) is 0 Å². The number of carbonyl (C=O) groups excluding carboxylic acids is 1. The Morgan fingerprint density at radius 3 is 2.62 bits per heavy atom. The van der Waals surface area contributed by atoms with E-state index in [1.54, 1.807) is 6.07 Å². The summed E-state index contributed by atoms with van der Waals surface area (Å²) in [4.78, 5) is 24.3. The summed E-state index contributed by atoms with van der Waals surface area (Å²) in [5, 5.41) is 2.84. The van der Waals surface area contributed by atoms with Crippen molar-refractivity contribution in [3.05, 3.63) is 69.6 Å². The van der Waals surface area contributed by atoms with Crippen LogP contribution in [-0.2, 0) is 17.5 Å². The lowest BCUT2D eigenvalue weighted by molar-refractivity contribution is -0.138. The van der Waals surface area contributed by atoms with Crippen LogP contribution in [0.15, 0.2) is 47.4 Å². The Hall–Kier alpha value is -2.61. The van der Waals surface area contributed by atoms with E-state index in [2.05, 4.69) is 5.32 Å². The minimum Gasteiger partial charge on any atom is -0.380 e. The quantitative estimate of drug-likeness (QED) is 0.713. The number of alkyl halides is 3. The van der Waals surface area contributed by atoms with Crippen molar-refractivity contribution in [1.82, 2.24) is 9.88 Å². The van der Waals surface area contributed by atoms with Gasteiger partial charge in [-0.3, -0.25) is 9.59 Å². The SMILES string of the molecule is CCOCCn1cc(C(=O)NC2CC(c3ccccc3C(F)(F)F)C2)ccc1=O. The number of rotatable bonds is 7. The zero-order chi connectivity index (χ0) is 21.0. The minimum absolute atomic E-state index is 0.197. The Kier molecular flexibility index (Phi) is 6.42. The molecule has 1 heterocycles. The topological polar surface area (TPSA) is 60.3 Å². The van der Waals surface area contributed by atoms with Crippen LogP contribution in [0.5, 0.6) is 0 Å². The van der Waals surface area contributed by atoms with Crippen LogP contribution in [0.1, 0.15) is 47.2 Å². The molecule has 8 heteroatoms. The van der Waals surface area contributed by atoms with Crippen LogP contribution >= 0.6 is 0 Å². The number of halogens is 3. The molecule has 2 aromatic rings. The summed E-state index contributed by atoms with van der Waals surface area (Å²) in [6, 6.07) is 8.14. The number of benzene rings is 1. The highest BCUT2D eigenvalue weighted by atomic mass is 19.4. The van der Waals surface area contributed by atoms with Crippen LogP contribution in [-0.4, -0.2) is 29.7 Å². The van der Waals surface area contributed by atoms with E-state index in [0.717, 1.165) is 6.07 Å². The van der Waals surface area contributed by atoms with Crippen LogP contribution in [0.3, 0.4) is 0 Å². The molecule has 3 rings (SSSR count). The average Bonchev–Trinajstić information content (AvgIpc) is 2.65. The van der Waals surface area contributed by atoms with Gasteiger partial charge in [-0.2, -0.15) is 13.2 Å². The first-order valence-corrected chi connectivity index (χ1v) is 9.54. The lowest BCUT2D eigenvalue weighted by Crippen LogP contribution is -2.44. The molecular formula is C21H23F3N2O3. The van der Waals surface area contributed by atoms with Gasteiger partial charge in [-0.15, -0.1) is 0 Å². The highest BCUT2D eigenvalue weighted by molar-refractivity contribution is 5.94. The van der Waals surface area contributed by atoms with Gasteiger partial charge in [0.2, 0.25) is 0 Å².